The van der Waals surface area contributed by atoms with Crippen molar-refractivity contribution in [3.05, 3.63) is 41.9 Å². The molecule has 4 rings (SSSR count). The number of nitrogens with one attached hydrogen (secondary N) is 1. The van der Waals surface area contributed by atoms with Crippen molar-refractivity contribution in [3.8, 4) is 11.3 Å². The molecule has 4 nitrogen and oxygen atoms in total. The zero-order valence-corrected chi connectivity index (χ0v) is 14.1. The predicted octanol–water partition coefficient (Wildman–Crippen LogP) is 3.72. The summed E-state index contributed by atoms with van der Waals surface area (Å²) in [6.07, 6.45) is 4.43. The summed E-state index contributed by atoms with van der Waals surface area (Å²) in [4.78, 5) is 21.9. The number of halogens is 2. The lowest BCUT2D eigenvalue weighted by molar-refractivity contribution is -0.133. The number of nitrogens with zero attached hydrogens (tertiary/aromatic N) is 2. The van der Waals surface area contributed by atoms with E-state index in [1.807, 2.05) is 4.90 Å². The van der Waals surface area contributed by atoms with Gasteiger partial charge in [-0.1, -0.05) is 6.92 Å². The molecule has 0 spiro atoms. The Hall–Kier alpha value is -2.24. The topological polar surface area (TPSA) is 49.0 Å². The lowest BCUT2D eigenvalue weighted by Crippen LogP contribution is -2.39. The Morgan fingerprint density at radius 2 is 1.96 bits per heavy atom. The van der Waals surface area contributed by atoms with E-state index in [1.165, 1.54) is 12.1 Å². The van der Waals surface area contributed by atoms with Crippen molar-refractivity contribution in [1.29, 1.82) is 0 Å². The van der Waals surface area contributed by atoms with Crippen molar-refractivity contribution in [2.24, 2.45) is 11.8 Å². The number of amides is 1. The fraction of sp³-hybridized carbons (Fsp3) is 0.474. The van der Waals surface area contributed by atoms with E-state index in [2.05, 4.69) is 16.9 Å². The number of benzene rings is 1. The average Bonchev–Trinajstić information content (AvgIpc) is 3.15. The molecule has 0 unspecified atom stereocenters. The number of carbonyl (C=O) groups excluding carboxylic acids is 1. The van der Waals surface area contributed by atoms with Gasteiger partial charge in [-0.15, -0.1) is 0 Å². The molecule has 0 radical (unpaired) electrons. The van der Waals surface area contributed by atoms with Gasteiger partial charge >= 0.3 is 0 Å². The van der Waals surface area contributed by atoms with Crippen LogP contribution in [-0.4, -0.2) is 33.9 Å². The van der Waals surface area contributed by atoms with Crippen molar-refractivity contribution in [2.75, 3.05) is 13.1 Å². The second-order valence-corrected chi connectivity index (χ2v) is 7.23. The number of aromatic amines is 1. The molecular weight excluding hydrogens is 324 g/mol. The van der Waals surface area contributed by atoms with Gasteiger partial charge in [-0.3, -0.25) is 4.79 Å². The van der Waals surface area contributed by atoms with E-state index in [4.69, 9.17) is 0 Å². The van der Waals surface area contributed by atoms with Crippen LogP contribution in [0.15, 0.2) is 24.4 Å². The van der Waals surface area contributed by atoms with Gasteiger partial charge in [-0.05, 0) is 43.4 Å². The first-order valence-electron chi connectivity index (χ1n) is 8.82. The fourth-order valence-corrected chi connectivity index (χ4v) is 3.63. The normalized spacial score (nSPS) is 23.7. The second-order valence-electron chi connectivity index (χ2n) is 7.23. The third kappa shape index (κ3) is 3.17. The first kappa shape index (κ1) is 16.2. The van der Waals surface area contributed by atoms with Crippen LogP contribution in [0, 0.1) is 23.5 Å². The minimum absolute atomic E-state index is 0.236. The molecule has 0 bridgehead atoms. The van der Waals surface area contributed by atoms with Gasteiger partial charge in [-0.2, -0.15) is 0 Å². The highest BCUT2D eigenvalue weighted by atomic mass is 19.2. The SMILES string of the molecule is C[C@@H]1C[C@H]1C(=O)N1CCC(c2ncc(-c3ccc(F)c(F)c3)[nH]2)CC1. The maximum atomic E-state index is 13.4. The first-order valence-corrected chi connectivity index (χ1v) is 8.82. The fourth-order valence-electron chi connectivity index (χ4n) is 3.63. The quantitative estimate of drug-likeness (QED) is 0.922. The summed E-state index contributed by atoms with van der Waals surface area (Å²) in [7, 11) is 0. The lowest BCUT2D eigenvalue weighted by Gasteiger charge is -2.31. The molecule has 1 saturated carbocycles. The number of H-pyrrole nitrogens is 1. The largest absolute Gasteiger partial charge is 0.342 e. The summed E-state index contributed by atoms with van der Waals surface area (Å²) in [5, 5.41) is 0. The van der Waals surface area contributed by atoms with Gasteiger partial charge < -0.3 is 9.88 Å². The zero-order valence-electron chi connectivity index (χ0n) is 14.1. The Balaban J connectivity index is 1.41. The lowest BCUT2D eigenvalue weighted by atomic mass is 9.96. The second kappa shape index (κ2) is 6.24. The number of aromatic nitrogens is 2. The van der Waals surface area contributed by atoms with Gasteiger partial charge in [0.15, 0.2) is 11.6 Å². The van der Waals surface area contributed by atoms with Gasteiger partial charge in [0.2, 0.25) is 5.91 Å². The minimum Gasteiger partial charge on any atom is -0.342 e. The van der Waals surface area contributed by atoms with Crippen LogP contribution >= 0.6 is 0 Å². The van der Waals surface area contributed by atoms with Crippen LogP contribution in [0.25, 0.3) is 11.3 Å². The zero-order chi connectivity index (χ0) is 17.6. The Kier molecular flexibility index (Phi) is 4.06. The van der Waals surface area contributed by atoms with E-state index in [-0.39, 0.29) is 11.8 Å². The molecule has 1 aliphatic carbocycles. The van der Waals surface area contributed by atoms with Crippen LogP contribution in [0.5, 0.6) is 0 Å². The molecular formula is C19H21F2N3O. The first-order chi connectivity index (χ1) is 12.0. The van der Waals surface area contributed by atoms with Gasteiger partial charge in [0.05, 0.1) is 11.9 Å². The molecule has 2 aliphatic rings. The standard InChI is InChI=1S/C19H21F2N3O/c1-11-8-14(11)19(25)24-6-4-12(5-7-24)18-22-10-17(23-18)13-2-3-15(20)16(21)9-13/h2-3,9-12,14H,4-8H2,1H3,(H,22,23)/t11-,14-/m1/s1. The van der Waals surface area contributed by atoms with E-state index in [0.717, 1.165) is 44.2 Å². The van der Waals surface area contributed by atoms with Crippen LogP contribution in [0.3, 0.4) is 0 Å². The highest BCUT2D eigenvalue weighted by Gasteiger charge is 2.42. The molecule has 2 fully saturated rings. The molecule has 1 aromatic heterocycles. The number of hydrogen-bond donors (Lipinski definition) is 1. The summed E-state index contributed by atoms with van der Waals surface area (Å²) in [6.45, 7) is 3.64. The number of likely N-dealkylation sites (tertiary alicyclic amines) is 1. The molecule has 1 aliphatic heterocycles. The van der Waals surface area contributed by atoms with Gasteiger partial charge in [0.1, 0.15) is 5.82 Å². The summed E-state index contributed by atoms with van der Waals surface area (Å²) in [6, 6.07) is 3.83. The number of rotatable bonds is 3. The highest BCUT2D eigenvalue weighted by molar-refractivity contribution is 5.81. The molecule has 6 heteroatoms. The summed E-state index contributed by atoms with van der Waals surface area (Å²) in [5.74, 6) is 0.466. The molecule has 1 amide bonds. The summed E-state index contributed by atoms with van der Waals surface area (Å²) in [5.41, 5.74) is 1.26. The third-order valence-corrected chi connectivity index (χ3v) is 5.45. The van der Waals surface area contributed by atoms with E-state index in [9.17, 15) is 13.6 Å². The number of hydrogen-bond acceptors (Lipinski definition) is 2. The van der Waals surface area contributed by atoms with Crippen LogP contribution in [0.4, 0.5) is 8.78 Å². The molecule has 2 aromatic rings. The Bertz CT molecular complexity index is 796. The highest BCUT2D eigenvalue weighted by Crippen LogP contribution is 2.40. The maximum Gasteiger partial charge on any atom is 0.225 e. The van der Waals surface area contributed by atoms with Gasteiger partial charge in [0.25, 0.3) is 0 Å². The smallest absolute Gasteiger partial charge is 0.225 e. The van der Waals surface area contributed by atoms with Crippen LogP contribution in [0.2, 0.25) is 0 Å². The Labute approximate surface area is 145 Å². The van der Waals surface area contributed by atoms with Crippen molar-refractivity contribution < 1.29 is 13.6 Å². The van der Waals surface area contributed by atoms with Crippen LogP contribution in [-0.2, 0) is 4.79 Å². The molecule has 2 heterocycles. The predicted molar refractivity (Wildman–Crippen MR) is 89.8 cm³/mol. The van der Waals surface area contributed by atoms with Crippen molar-refractivity contribution in [1.82, 2.24) is 14.9 Å². The van der Waals surface area contributed by atoms with E-state index >= 15 is 0 Å². The maximum absolute atomic E-state index is 13.4. The monoisotopic (exact) mass is 345 g/mol. The summed E-state index contributed by atoms with van der Waals surface area (Å²) >= 11 is 0. The average molecular weight is 345 g/mol. The van der Waals surface area contributed by atoms with E-state index < -0.39 is 11.6 Å². The molecule has 1 N–H and O–H groups in total. The van der Waals surface area contributed by atoms with Gasteiger partial charge in [0, 0.05) is 30.5 Å². The Morgan fingerprint density at radius 1 is 1.24 bits per heavy atom. The third-order valence-electron chi connectivity index (χ3n) is 5.45. The molecule has 1 saturated heterocycles. The van der Waals surface area contributed by atoms with Crippen molar-refractivity contribution in [2.45, 2.75) is 32.1 Å². The van der Waals surface area contributed by atoms with Gasteiger partial charge in [-0.25, -0.2) is 13.8 Å². The number of imidazole rings is 1. The molecule has 25 heavy (non-hydrogen) atoms. The summed E-state index contributed by atoms with van der Waals surface area (Å²) < 4.78 is 26.5. The molecule has 132 valence electrons. The number of carbonyl (C=O) groups is 1. The molecule has 1 aromatic carbocycles. The number of piperidine rings is 1. The van der Waals surface area contributed by atoms with Crippen molar-refractivity contribution in [3.63, 3.8) is 0 Å². The van der Waals surface area contributed by atoms with E-state index in [1.54, 1.807) is 6.20 Å². The molecule has 2 atom stereocenters. The van der Waals surface area contributed by atoms with E-state index in [0.29, 0.717) is 23.1 Å². The van der Waals surface area contributed by atoms with Crippen molar-refractivity contribution >= 4 is 5.91 Å². The minimum atomic E-state index is -0.866. The Morgan fingerprint density at radius 3 is 2.60 bits per heavy atom. The van der Waals surface area contributed by atoms with Crippen LogP contribution < -0.4 is 0 Å². The van der Waals surface area contributed by atoms with Crippen LogP contribution in [0.1, 0.15) is 37.9 Å².